The van der Waals surface area contributed by atoms with Gasteiger partial charge in [0.25, 0.3) is 0 Å². The Hall–Kier alpha value is -2.94. The quantitative estimate of drug-likeness (QED) is 0.804. The van der Waals surface area contributed by atoms with E-state index in [2.05, 4.69) is 15.7 Å². The molecule has 0 saturated carbocycles. The van der Waals surface area contributed by atoms with Crippen LogP contribution in [-0.4, -0.2) is 15.4 Å². The molecule has 2 aromatic rings. The molecule has 1 aromatic heterocycles. The maximum absolute atomic E-state index is 12.5. The van der Waals surface area contributed by atoms with Crippen molar-refractivity contribution in [2.75, 3.05) is 5.32 Å². The van der Waals surface area contributed by atoms with Crippen molar-refractivity contribution in [1.29, 1.82) is 0 Å². The normalized spacial score (nSPS) is 14.4. The van der Waals surface area contributed by atoms with E-state index in [0.717, 1.165) is 17.3 Å². The minimum Gasteiger partial charge on any atom is -0.423 e. The van der Waals surface area contributed by atoms with Crippen LogP contribution in [0.1, 0.15) is 5.56 Å². The SMILES string of the molecule is ON1C=CC=C(Nc2ncc(-c3ccc(C(F)(F)F)cc3)o2)N1. The number of rotatable bonds is 3. The Bertz CT molecular complexity index is 750. The second kappa shape index (κ2) is 5.69. The molecule has 0 fully saturated rings. The summed E-state index contributed by atoms with van der Waals surface area (Å²) in [7, 11) is 0. The van der Waals surface area contributed by atoms with Gasteiger partial charge in [0.2, 0.25) is 0 Å². The highest BCUT2D eigenvalue weighted by Crippen LogP contribution is 2.31. The van der Waals surface area contributed by atoms with Crippen LogP contribution in [0.25, 0.3) is 11.3 Å². The van der Waals surface area contributed by atoms with Crippen molar-refractivity contribution in [3.05, 3.63) is 60.2 Å². The van der Waals surface area contributed by atoms with E-state index in [1.807, 2.05) is 0 Å². The predicted octanol–water partition coefficient (Wildman–Crippen LogP) is 3.34. The van der Waals surface area contributed by atoms with E-state index in [1.165, 1.54) is 24.5 Å². The zero-order valence-corrected chi connectivity index (χ0v) is 11.5. The predicted molar refractivity (Wildman–Crippen MR) is 74.5 cm³/mol. The summed E-state index contributed by atoms with van der Waals surface area (Å²) in [6, 6.07) is 4.70. The molecule has 0 bridgehead atoms. The molecule has 1 aromatic carbocycles. The third kappa shape index (κ3) is 3.46. The first-order valence-corrected chi connectivity index (χ1v) is 6.45. The minimum atomic E-state index is -4.38. The zero-order valence-electron chi connectivity index (χ0n) is 11.5. The first kappa shape index (κ1) is 15.0. The second-order valence-electron chi connectivity index (χ2n) is 4.61. The van der Waals surface area contributed by atoms with Gasteiger partial charge < -0.3 is 4.42 Å². The van der Waals surface area contributed by atoms with Crippen molar-refractivity contribution in [3.63, 3.8) is 0 Å². The van der Waals surface area contributed by atoms with Crippen molar-refractivity contribution < 1.29 is 22.8 Å². The fourth-order valence-corrected chi connectivity index (χ4v) is 1.89. The van der Waals surface area contributed by atoms with Crippen LogP contribution in [0.3, 0.4) is 0 Å². The molecule has 6 nitrogen and oxygen atoms in total. The van der Waals surface area contributed by atoms with Crippen LogP contribution < -0.4 is 10.7 Å². The summed E-state index contributed by atoms with van der Waals surface area (Å²) >= 11 is 0. The lowest BCUT2D eigenvalue weighted by molar-refractivity contribution is -0.137. The minimum absolute atomic E-state index is 0.127. The molecule has 0 unspecified atom stereocenters. The molecule has 1 aliphatic heterocycles. The number of oxazole rings is 1. The smallest absolute Gasteiger partial charge is 0.416 e. The van der Waals surface area contributed by atoms with E-state index < -0.39 is 11.7 Å². The van der Waals surface area contributed by atoms with Gasteiger partial charge in [0.15, 0.2) is 5.76 Å². The monoisotopic (exact) mass is 324 g/mol. The van der Waals surface area contributed by atoms with E-state index in [-0.39, 0.29) is 6.01 Å². The number of hydroxylamine groups is 1. The lowest BCUT2D eigenvalue weighted by atomic mass is 10.1. The molecule has 23 heavy (non-hydrogen) atoms. The van der Waals surface area contributed by atoms with E-state index in [0.29, 0.717) is 17.1 Å². The molecule has 1 aliphatic rings. The number of hydrogen-bond acceptors (Lipinski definition) is 6. The summed E-state index contributed by atoms with van der Waals surface area (Å²) in [5.74, 6) is 0.727. The topological polar surface area (TPSA) is 73.6 Å². The lowest BCUT2D eigenvalue weighted by Crippen LogP contribution is -2.34. The molecule has 2 heterocycles. The van der Waals surface area contributed by atoms with Crippen LogP contribution in [0.4, 0.5) is 19.2 Å². The summed E-state index contributed by atoms with van der Waals surface area (Å²) in [5.41, 5.74) is 2.30. The highest BCUT2D eigenvalue weighted by molar-refractivity contribution is 5.58. The van der Waals surface area contributed by atoms with Crippen LogP contribution in [0.5, 0.6) is 0 Å². The standard InChI is InChI=1S/C14H11F3N4O2/c15-14(16,17)10-5-3-9(4-6-10)11-8-18-13(23-11)19-12-2-1-7-21(22)20-12/h1-8,20,22H,(H,18,19). The van der Waals surface area contributed by atoms with E-state index in [9.17, 15) is 18.4 Å². The molecule has 0 aliphatic carbocycles. The number of benzene rings is 1. The van der Waals surface area contributed by atoms with Gasteiger partial charge >= 0.3 is 12.2 Å². The lowest BCUT2D eigenvalue weighted by Gasteiger charge is -2.19. The van der Waals surface area contributed by atoms with Crippen molar-refractivity contribution in [2.45, 2.75) is 6.18 Å². The molecule has 0 spiro atoms. The first-order valence-electron chi connectivity index (χ1n) is 6.45. The first-order chi connectivity index (χ1) is 10.9. The highest BCUT2D eigenvalue weighted by atomic mass is 19.4. The maximum atomic E-state index is 12.5. The number of aromatic nitrogens is 1. The fraction of sp³-hybridized carbons (Fsp3) is 0.0714. The largest absolute Gasteiger partial charge is 0.423 e. The summed E-state index contributed by atoms with van der Waals surface area (Å²) in [5, 5.41) is 12.8. The van der Waals surface area contributed by atoms with Crippen LogP contribution in [0.2, 0.25) is 0 Å². The van der Waals surface area contributed by atoms with Crippen molar-refractivity contribution in [2.24, 2.45) is 0 Å². The Morgan fingerprint density at radius 3 is 2.61 bits per heavy atom. The summed E-state index contributed by atoms with van der Waals surface area (Å²) in [6.45, 7) is 0. The summed E-state index contributed by atoms with van der Waals surface area (Å²) in [6.07, 6.45) is 1.61. The molecule has 0 atom stereocenters. The number of alkyl halides is 3. The van der Waals surface area contributed by atoms with Gasteiger partial charge in [-0.05, 0) is 24.3 Å². The zero-order chi connectivity index (χ0) is 16.4. The Morgan fingerprint density at radius 1 is 1.22 bits per heavy atom. The average molecular weight is 324 g/mol. The molecule has 3 rings (SSSR count). The Balaban J connectivity index is 1.74. The Kier molecular flexibility index (Phi) is 3.70. The molecule has 0 saturated heterocycles. The van der Waals surface area contributed by atoms with Crippen LogP contribution in [0.15, 0.2) is 59.1 Å². The molecular formula is C14H11F3N4O2. The number of allylic oxidation sites excluding steroid dienone is 2. The van der Waals surface area contributed by atoms with Crippen molar-refractivity contribution >= 4 is 6.01 Å². The van der Waals surface area contributed by atoms with Gasteiger partial charge in [0.1, 0.15) is 5.82 Å². The third-order valence-electron chi connectivity index (χ3n) is 2.97. The molecular weight excluding hydrogens is 313 g/mol. The van der Waals surface area contributed by atoms with E-state index in [1.54, 1.807) is 12.2 Å². The van der Waals surface area contributed by atoms with Crippen molar-refractivity contribution in [3.8, 4) is 11.3 Å². The number of anilines is 1. The van der Waals surface area contributed by atoms with Gasteiger partial charge in [0.05, 0.1) is 18.0 Å². The Labute approximate surface area is 128 Å². The van der Waals surface area contributed by atoms with Gasteiger partial charge in [-0.25, -0.2) is 4.98 Å². The van der Waals surface area contributed by atoms with Crippen molar-refractivity contribution in [1.82, 2.24) is 15.6 Å². The fourth-order valence-electron chi connectivity index (χ4n) is 1.89. The number of hydrazine groups is 1. The Morgan fingerprint density at radius 2 is 1.96 bits per heavy atom. The maximum Gasteiger partial charge on any atom is 0.416 e. The van der Waals surface area contributed by atoms with E-state index in [4.69, 9.17) is 4.42 Å². The summed E-state index contributed by atoms with van der Waals surface area (Å²) in [4.78, 5) is 3.98. The average Bonchev–Trinajstić information content (AvgIpc) is 2.95. The second-order valence-corrected chi connectivity index (χ2v) is 4.61. The molecule has 0 radical (unpaired) electrons. The van der Waals surface area contributed by atoms with Crippen LogP contribution in [0, 0.1) is 0 Å². The molecule has 9 heteroatoms. The van der Waals surface area contributed by atoms with Gasteiger partial charge in [0, 0.05) is 5.56 Å². The summed E-state index contributed by atoms with van der Waals surface area (Å²) < 4.78 is 43.0. The number of nitrogens with one attached hydrogen (secondary N) is 2. The number of halogens is 3. The third-order valence-corrected chi connectivity index (χ3v) is 2.97. The van der Waals surface area contributed by atoms with Gasteiger partial charge in [-0.2, -0.15) is 18.3 Å². The number of nitrogens with zero attached hydrogens (tertiary/aromatic N) is 2. The van der Waals surface area contributed by atoms with Gasteiger partial charge in [-0.1, -0.05) is 12.1 Å². The van der Waals surface area contributed by atoms with Gasteiger partial charge in [-0.15, -0.1) is 0 Å². The molecule has 120 valence electrons. The van der Waals surface area contributed by atoms with Gasteiger partial charge in [-0.3, -0.25) is 15.9 Å². The highest BCUT2D eigenvalue weighted by Gasteiger charge is 2.30. The number of hydrogen-bond donors (Lipinski definition) is 3. The molecule has 0 amide bonds. The van der Waals surface area contributed by atoms with Crippen LogP contribution >= 0.6 is 0 Å². The van der Waals surface area contributed by atoms with E-state index >= 15 is 0 Å². The van der Waals surface area contributed by atoms with Crippen LogP contribution in [-0.2, 0) is 6.18 Å². The molecule has 3 N–H and O–H groups in total.